The van der Waals surface area contributed by atoms with E-state index in [0.29, 0.717) is 24.0 Å². The molecule has 0 unspecified atom stereocenters. The maximum atomic E-state index is 14.1. The summed E-state index contributed by atoms with van der Waals surface area (Å²) in [6.45, 7) is 4.83. The number of likely N-dealkylation sites (tertiary alicyclic amines) is 1. The molecule has 7 atom stereocenters. The molecule has 1 aromatic carbocycles. The molecule has 1 spiro atoms. The number of benzene rings is 1. The van der Waals surface area contributed by atoms with E-state index in [2.05, 4.69) is 22.5 Å². The summed E-state index contributed by atoms with van der Waals surface area (Å²) < 4.78 is 12.0. The maximum absolute atomic E-state index is 14.1. The molecular formula is C31H36N4O5. The van der Waals surface area contributed by atoms with Gasteiger partial charge in [-0.3, -0.25) is 19.4 Å². The van der Waals surface area contributed by atoms with Crippen LogP contribution in [0.4, 0.5) is 5.69 Å². The van der Waals surface area contributed by atoms with Gasteiger partial charge in [-0.15, -0.1) is 0 Å². The Morgan fingerprint density at radius 3 is 2.67 bits per heavy atom. The van der Waals surface area contributed by atoms with Gasteiger partial charge in [-0.25, -0.2) is 0 Å². The van der Waals surface area contributed by atoms with Crippen LogP contribution in [0.15, 0.2) is 60.9 Å². The molecule has 1 saturated carbocycles. The van der Waals surface area contributed by atoms with Crippen molar-refractivity contribution in [3.8, 4) is 5.75 Å². The van der Waals surface area contributed by atoms with E-state index in [1.54, 1.807) is 41.6 Å². The highest BCUT2D eigenvalue weighted by Crippen LogP contribution is 2.55. The van der Waals surface area contributed by atoms with Crippen molar-refractivity contribution >= 4 is 23.4 Å². The lowest BCUT2D eigenvalue weighted by Gasteiger charge is -2.36. The van der Waals surface area contributed by atoms with Crippen molar-refractivity contribution in [2.75, 3.05) is 11.9 Å². The van der Waals surface area contributed by atoms with E-state index < -0.39 is 29.6 Å². The SMILES string of the molecule is CCOc1ccc(NC(=O)[C@@H]2[C@@H]3C=C[C@]4(O3)[C@@H]2C(=O)N(Cc2cccnc2)[C@H]4C(=O)N[C@@H]2CCCC[C@H]2C)cc1. The van der Waals surface area contributed by atoms with Gasteiger partial charge in [0.2, 0.25) is 17.7 Å². The Morgan fingerprint density at radius 1 is 1.15 bits per heavy atom. The third-order valence-corrected chi connectivity index (χ3v) is 8.87. The highest BCUT2D eigenvalue weighted by molar-refractivity contribution is 6.02. The normalized spacial score (nSPS) is 32.1. The molecule has 6 rings (SSSR count). The fourth-order valence-electron chi connectivity index (χ4n) is 6.95. The van der Waals surface area contributed by atoms with Crippen LogP contribution in [0, 0.1) is 17.8 Å². The van der Waals surface area contributed by atoms with Crippen molar-refractivity contribution in [3.05, 3.63) is 66.5 Å². The molecule has 4 heterocycles. The largest absolute Gasteiger partial charge is 0.494 e. The number of hydrogen-bond donors (Lipinski definition) is 2. The first-order valence-corrected chi connectivity index (χ1v) is 14.3. The van der Waals surface area contributed by atoms with Crippen molar-refractivity contribution in [2.45, 2.75) is 69.9 Å². The number of hydrogen-bond acceptors (Lipinski definition) is 6. The topological polar surface area (TPSA) is 110 Å². The van der Waals surface area contributed by atoms with Crippen LogP contribution in [0.3, 0.4) is 0 Å². The number of carbonyl (C=O) groups is 3. The summed E-state index contributed by atoms with van der Waals surface area (Å²) in [6, 6.07) is 9.99. The zero-order chi connectivity index (χ0) is 27.9. The molecule has 2 N–H and O–H groups in total. The Labute approximate surface area is 234 Å². The van der Waals surface area contributed by atoms with Gasteiger partial charge in [-0.1, -0.05) is 38.0 Å². The fourth-order valence-corrected chi connectivity index (χ4v) is 6.95. The monoisotopic (exact) mass is 544 g/mol. The molecule has 210 valence electrons. The molecule has 9 heteroatoms. The smallest absolute Gasteiger partial charge is 0.246 e. The highest BCUT2D eigenvalue weighted by Gasteiger charge is 2.72. The standard InChI is InChI=1S/C31H36N4O5/c1-3-39-22-12-10-21(11-13-22)33-28(36)25-24-14-15-31(40-24)26(25)30(38)35(18-20-8-6-16-32-17-20)27(31)29(37)34-23-9-5-4-7-19(23)2/h6,8,10-17,19,23-27H,3-5,7,9,18H2,1-2H3,(H,33,36)(H,34,37)/t19-,23-,24+,25-,26+,27+,31+/m1/s1. The molecule has 2 bridgehead atoms. The van der Waals surface area contributed by atoms with Crippen molar-refractivity contribution < 1.29 is 23.9 Å². The minimum absolute atomic E-state index is 0.0494. The molecule has 2 saturated heterocycles. The van der Waals surface area contributed by atoms with E-state index in [0.717, 1.165) is 31.2 Å². The summed E-state index contributed by atoms with van der Waals surface area (Å²) >= 11 is 0. The zero-order valence-electron chi connectivity index (χ0n) is 22.9. The fraction of sp³-hybridized carbons (Fsp3) is 0.484. The van der Waals surface area contributed by atoms with Gasteiger partial charge in [-0.2, -0.15) is 0 Å². The van der Waals surface area contributed by atoms with Crippen LogP contribution in [0.5, 0.6) is 5.75 Å². The second kappa shape index (κ2) is 10.7. The number of aromatic nitrogens is 1. The second-order valence-corrected chi connectivity index (χ2v) is 11.4. The van der Waals surface area contributed by atoms with Gasteiger partial charge in [-0.05, 0) is 61.6 Å². The number of ether oxygens (including phenoxy) is 2. The molecule has 2 aromatic rings. The van der Waals surface area contributed by atoms with Crippen LogP contribution in [0.2, 0.25) is 0 Å². The van der Waals surface area contributed by atoms with Crippen LogP contribution >= 0.6 is 0 Å². The van der Waals surface area contributed by atoms with Gasteiger partial charge in [0.15, 0.2) is 0 Å². The summed E-state index contributed by atoms with van der Waals surface area (Å²) in [4.78, 5) is 47.6. The molecule has 3 aliphatic heterocycles. The van der Waals surface area contributed by atoms with E-state index in [9.17, 15) is 14.4 Å². The Hall–Kier alpha value is -3.72. The van der Waals surface area contributed by atoms with E-state index in [4.69, 9.17) is 9.47 Å². The van der Waals surface area contributed by atoms with Crippen LogP contribution in [0.25, 0.3) is 0 Å². The number of nitrogens with zero attached hydrogens (tertiary/aromatic N) is 2. The Kier molecular flexibility index (Phi) is 7.08. The third kappa shape index (κ3) is 4.56. The third-order valence-electron chi connectivity index (χ3n) is 8.87. The van der Waals surface area contributed by atoms with Crippen molar-refractivity contribution in [1.82, 2.24) is 15.2 Å². The number of fused-ring (bicyclic) bond motifs is 1. The zero-order valence-corrected chi connectivity index (χ0v) is 22.9. The van der Waals surface area contributed by atoms with Gasteiger partial charge in [0, 0.05) is 30.7 Å². The number of nitrogens with one attached hydrogen (secondary N) is 2. The Morgan fingerprint density at radius 2 is 1.95 bits per heavy atom. The van der Waals surface area contributed by atoms with E-state index in [-0.39, 0.29) is 30.3 Å². The number of pyridine rings is 1. The summed E-state index contributed by atoms with van der Waals surface area (Å²) in [6.07, 6.45) is 10.7. The average Bonchev–Trinajstić information content (AvgIpc) is 3.59. The minimum Gasteiger partial charge on any atom is -0.494 e. The summed E-state index contributed by atoms with van der Waals surface area (Å²) in [7, 11) is 0. The molecule has 9 nitrogen and oxygen atoms in total. The predicted octanol–water partition coefficient (Wildman–Crippen LogP) is 3.46. The molecule has 40 heavy (non-hydrogen) atoms. The quantitative estimate of drug-likeness (QED) is 0.493. The maximum Gasteiger partial charge on any atom is 0.246 e. The van der Waals surface area contributed by atoms with Gasteiger partial charge in [0.25, 0.3) is 0 Å². The first kappa shape index (κ1) is 26.5. The molecular weight excluding hydrogens is 508 g/mol. The summed E-state index contributed by atoms with van der Waals surface area (Å²) in [5.41, 5.74) is 0.213. The minimum atomic E-state index is -1.20. The number of rotatable bonds is 8. The highest BCUT2D eigenvalue weighted by atomic mass is 16.5. The van der Waals surface area contributed by atoms with E-state index in [1.165, 1.54) is 0 Å². The van der Waals surface area contributed by atoms with Crippen LogP contribution < -0.4 is 15.4 Å². The predicted molar refractivity (Wildman–Crippen MR) is 148 cm³/mol. The second-order valence-electron chi connectivity index (χ2n) is 11.4. The Balaban J connectivity index is 1.29. The lowest BCUT2D eigenvalue weighted by Crippen LogP contribution is -2.57. The van der Waals surface area contributed by atoms with Gasteiger partial charge >= 0.3 is 0 Å². The van der Waals surface area contributed by atoms with Crippen LogP contribution in [-0.4, -0.2) is 58.0 Å². The lowest BCUT2D eigenvalue weighted by atomic mass is 9.74. The van der Waals surface area contributed by atoms with Gasteiger partial charge in [0.05, 0.1) is 24.5 Å². The number of anilines is 1. The van der Waals surface area contributed by atoms with Crippen molar-refractivity contribution in [2.24, 2.45) is 17.8 Å². The van der Waals surface area contributed by atoms with Crippen LogP contribution in [-0.2, 0) is 25.7 Å². The van der Waals surface area contributed by atoms with Crippen molar-refractivity contribution in [3.63, 3.8) is 0 Å². The number of carbonyl (C=O) groups excluding carboxylic acids is 3. The van der Waals surface area contributed by atoms with Crippen LogP contribution in [0.1, 0.15) is 45.1 Å². The first-order chi connectivity index (χ1) is 19.4. The molecule has 3 fully saturated rings. The first-order valence-electron chi connectivity index (χ1n) is 14.3. The van der Waals surface area contributed by atoms with Gasteiger partial charge < -0.3 is 25.0 Å². The molecule has 3 amide bonds. The summed E-state index contributed by atoms with van der Waals surface area (Å²) in [5.74, 6) is -1.27. The molecule has 4 aliphatic rings. The number of amides is 3. The molecule has 1 aromatic heterocycles. The van der Waals surface area contributed by atoms with Gasteiger partial charge in [0.1, 0.15) is 17.4 Å². The average molecular weight is 545 g/mol. The van der Waals surface area contributed by atoms with E-state index >= 15 is 0 Å². The summed E-state index contributed by atoms with van der Waals surface area (Å²) in [5, 5.41) is 6.22. The lowest BCUT2D eigenvalue weighted by molar-refractivity contribution is -0.142. The van der Waals surface area contributed by atoms with E-state index in [1.807, 2.05) is 31.2 Å². The molecule has 0 radical (unpaired) electrons. The van der Waals surface area contributed by atoms with Crippen molar-refractivity contribution in [1.29, 1.82) is 0 Å². The Bertz CT molecular complexity index is 1300. The molecule has 1 aliphatic carbocycles.